The number of hydrogen-bond donors (Lipinski definition) is 1. The van der Waals surface area contributed by atoms with Gasteiger partial charge < -0.3 is 15.1 Å². The maximum absolute atomic E-state index is 4.57. The molecule has 22 heavy (non-hydrogen) atoms. The van der Waals surface area contributed by atoms with Gasteiger partial charge in [-0.05, 0) is 25.9 Å². The van der Waals surface area contributed by atoms with E-state index in [1.807, 2.05) is 0 Å². The standard InChI is InChI=1S/C16H28N6/c1-3-20(4-2)16-12-17-7-10-22(16)15-11-14(18-13-19-15)21-8-5-6-9-21/h11,13,16-17H,3-10,12H2,1-2H3. The van der Waals surface area contributed by atoms with Gasteiger partial charge in [-0.15, -0.1) is 0 Å². The predicted molar refractivity (Wildman–Crippen MR) is 90.4 cm³/mol. The molecule has 0 bridgehead atoms. The molecule has 2 aliphatic rings. The zero-order valence-electron chi connectivity index (χ0n) is 13.8. The predicted octanol–water partition coefficient (Wildman–Crippen LogP) is 1.15. The highest BCUT2D eigenvalue weighted by Gasteiger charge is 2.28. The molecular formula is C16H28N6. The van der Waals surface area contributed by atoms with E-state index in [-0.39, 0.29) is 0 Å². The zero-order valence-corrected chi connectivity index (χ0v) is 13.8. The number of rotatable bonds is 5. The van der Waals surface area contributed by atoms with Crippen LogP contribution in [0.4, 0.5) is 11.6 Å². The van der Waals surface area contributed by atoms with Crippen molar-refractivity contribution in [2.45, 2.75) is 32.9 Å². The van der Waals surface area contributed by atoms with E-state index < -0.39 is 0 Å². The van der Waals surface area contributed by atoms with E-state index >= 15 is 0 Å². The molecule has 2 fully saturated rings. The Hall–Kier alpha value is -1.40. The summed E-state index contributed by atoms with van der Waals surface area (Å²) in [7, 11) is 0. The molecule has 2 saturated heterocycles. The summed E-state index contributed by atoms with van der Waals surface area (Å²) < 4.78 is 0. The second kappa shape index (κ2) is 7.24. The fraction of sp³-hybridized carbons (Fsp3) is 0.750. The van der Waals surface area contributed by atoms with Gasteiger partial charge in [-0.3, -0.25) is 4.90 Å². The molecule has 1 aromatic heterocycles. The highest BCUT2D eigenvalue weighted by molar-refractivity contribution is 5.51. The van der Waals surface area contributed by atoms with Crippen LogP contribution in [0, 0.1) is 0 Å². The Labute approximate surface area is 133 Å². The third kappa shape index (κ3) is 3.17. The summed E-state index contributed by atoms with van der Waals surface area (Å²) in [6.07, 6.45) is 4.65. The maximum atomic E-state index is 4.57. The minimum atomic E-state index is 0.380. The number of hydrogen-bond acceptors (Lipinski definition) is 6. The zero-order chi connectivity index (χ0) is 15.4. The smallest absolute Gasteiger partial charge is 0.135 e. The lowest BCUT2D eigenvalue weighted by atomic mass is 10.2. The minimum Gasteiger partial charge on any atom is -0.356 e. The molecule has 0 aromatic carbocycles. The van der Waals surface area contributed by atoms with Gasteiger partial charge in [0.1, 0.15) is 18.0 Å². The fourth-order valence-electron chi connectivity index (χ4n) is 3.54. The lowest BCUT2D eigenvalue weighted by molar-refractivity contribution is 0.190. The van der Waals surface area contributed by atoms with Gasteiger partial charge in [0.15, 0.2) is 0 Å². The molecule has 3 heterocycles. The first-order valence-corrected chi connectivity index (χ1v) is 8.62. The van der Waals surface area contributed by atoms with Crippen LogP contribution in [-0.2, 0) is 0 Å². The first-order valence-electron chi connectivity index (χ1n) is 8.62. The van der Waals surface area contributed by atoms with Crippen LogP contribution in [0.2, 0.25) is 0 Å². The number of nitrogens with one attached hydrogen (secondary N) is 1. The van der Waals surface area contributed by atoms with Crippen molar-refractivity contribution in [3.8, 4) is 0 Å². The van der Waals surface area contributed by atoms with E-state index in [0.29, 0.717) is 6.17 Å². The molecule has 1 atom stereocenters. The number of aromatic nitrogens is 2. The molecular weight excluding hydrogens is 276 g/mol. The van der Waals surface area contributed by atoms with Gasteiger partial charge in [0, 0.05) is 38.8 Å². The van der Waals surface area contributed by atoms with Crippen molar-refractivity contribution in [3.63, 3.8) is 0 Å². The van der Waals surface area contributed by atoms with Crippen LogP contribution in [0.25, 0.3) is 0 Å². The number of anilines is 2. The molecule has 1 aromatic rings. The number of nitrogens with zero attached hydrogens (tertiary/aromatic N) is 5. The van der Waals surface area contributed by atoms with Crippen molar-refractivity contribution in [1.82, 2.24) is 20.2 Å². The number of piperazine rings is 1. The van der Waals surface area contributed by atoms with Gasteiger partial charge in [-0.25, -0.2) is 9.97 Å². The molecule has 6 nitrogen and oxygen atoms in total. The molecule has 0 saturated carbocycles. The Morgan fingerprint density at radius 1 is 1.14 bits per heavy atom. The van der Waals surface area contributed by atoms with Crippen LogP contribution in [-0.4, -0.2) is 66.8 Å². The molecule has 1 N–H and O–H groups in total. The summed E-state index contributed by atoms with van der Waals surface area (Å²) in [5.74, 6) is 2.15. The lowest BCUT2D eigenvalue weighted by Crippen LogP contribution is -2.59. The molecule has 0 amide bonds. The largest absolute Gasteiger partial charge is 0.356 e. The van der Waals surface area contributed by atoms with Gasteiger partial charge in [0.05, 0.1) is 6.17 Å². The maximum Gasteiger partial charge on any atom is 0.135 e. The highest BCUT2D eigenvalue weighted by atomic mass is 15.4. The van der Waals surface area contributed by atoms with Crippen molar-refractivity contribution in [2.75, 3.05) is 55.6 Å². The highest BCUT2D eigenvalue weighted by Crippen LogP contribution is 2.24. The van der Waals surface area contributed by atoms with Crippen LogP contribution >= 0.6 is 0 Å². The van der Waals surface area contributed by atoms with Crippen molar-refractivity contribution in [3.05, 3.63) is 12.4 Å². The normalized spacial score (nSPS) is 22.6. The summed E-state index contributed by atoms with van der Waals surface area (Å²) in [6.45, 7) is 11.8. The minimum absolute atomic E-state index is 0.380. The Bertz CT molecular complexity index is 469. The van der Waals surface area contributed by atoms with E-state index in [0.717, 1.165) is 57.4 Å². The quantitative estimate of drug-likeness (QED) is 0.881. The van der Waals surface area contributed by atoms with E-state index in [2.05, 4.69) is 49.9 Å². The Morgan fingerprint density at radius 2 is 1.86 bits per heavy atom. The summed E-state index contributed by atoms with van der Waals surface area (Å²) >= 11 is 0. The molecule has 0 radical (unpaired) electrons. The van der Waals surface area contributed by atoms with Gasteiger partial charge in [0.2, 0.25) is 0 Å². The molecule has 1 unspecified atom stereocenters. The molecule has 0 aliphatic carbocycles. The average molecular weight is 304 g/mol. The van der Waals surface area contributed by atoms with Gasteiger partial charge in [-0.1, -0.05) is 13.8 Å². The monoisotopic (exact) mass is 304 g/mol. The van der Waals surface area contributed by atoms with E-state index in [1.54, 1.807) is 6.33 Å². The second-order valence-corrected chi connectivity index (χ2v) is 6.03. The van der Waals surface area contributed by atoms with Crippen LogP contribution in [0.3, 0.4) is 0 Å². The summed E-state index contributed by atoms with van der Waals surface area (Å²) in [6, 6.07) is 2.17. The SMILES string of the molecule is CCN(CC)C1CNCCN1c1cc(N2CCCC2)ncn1. The Kier molecular flexibility index (Phi) is 5.10. The van der Waals surface area contributed by atoms with Gasteiger partial charge in [-0.2, -0.15) is 0 Å². The molecule has 3 rings (SSSR count). The third-order valence-corrected chi connectivity index (χ3v) is 4.81. The number of likely N-dealkylation sites (N-methyl/N-ethyl adjacent to an activating group) is 1. The summed E-state index contributed by atoms with van der Waals surface area (Å²) in [5, 5.41) is 3.52. The van der Waals surface area contributed by atoms with E-state index in [9.17, 15) is 0 Å². The first kappa shape index (κ1) is 15.5. The fourth-order valence-corrected chi connectivity index (χ4v) is 3.54. The Morgan fingerprint density at radius 3 is 2.59 bits per heavy atom. The van der Waals surface area contributed by atoms with Gasteiger partial charge in [0.25, 0.3) is 0 Å². The molecule has 6 heteroatoms. The first-order chi connectivity index (χ1) is 10.8. The van der Waals surface area contributed by atoms with Crippen LogP contribution in [0.1, 0.15) is 26.7 Å². The molecule has 2 aliphatic heterocycles. The Balaban J connectivity index is 1.82. The lowest BCUT2D eigenvalue weighted by Gasteiger charge is -2.43. The topological polar surface area (TPSA) is 47.5 Å². The van der Waals surface area contributed by atoms with Crippen molar-refractivity contribution in [2.24, 2.45) is 0 Å². The van der Waals surface area contributed by atoms with Crippen LogP contribution in [0.5, 0.6) is 0 Å². The van der Waals surface area contributed by atoms with Crippen LogP contribution in [0.15, 0.2) is 12.4 Å². The van der Waals surface area contributed by atoms with E-state index in [4.69, 9.17) is 0 Å². The van der Waals surface area contributed by atoms with E-state index in [1.165, 1.54) is 12.8 Å². The summed E-state index contributed by atoms with van der Waals surface area (Å²) in [4.78, 5) is 16.4. The van der Waals surface area contributed by atoms with Gasteiger partial charge >= 0.3 is 0 Å². The van der Waals surface area contributed by atoms with Crippen molar-refractivity contribution in [1.29, 1.82) is 0 Å². The molecule has 122 valence electrons. The van der Waals surface area contributed by atoms with Crippen LogP contribution < -0.4 is 15.1 Å². The van der Waals surface area contributed by atoms with Crippen molar-refractivity contribution < 1.29 is 0 Å². The second-order valence-electron chi connectivity index (χ2n) is 6.03. The average Bonchev–Trinajstić information content (AvgIpc) is 3.11. The summed E-state index contributed by atoms with van der Waals surface area (Å²) in [5.41, 5.74) is 0. The molecule has 0 spiro atoms. The third-order valence-electron chi connectivity index (χ3n) is 4.81. The van der Waals surface area contributed by atoms with Crippen molar-refractivity contribution >= 4 is 11.6 Å².